The first kappa shape index (κ1) is 19.1. The number of nitrogens with one attached hydrogen (secondary N) is 1. The van der Waals surface area contributed by atoms with Gasteiger partial charge in [0.15, 0.2) is 17.7 Å². The Hall–Kier alpha value is -3.68. The first-order valence-corrected chi connectivity index (χ1v) is 8.18. The molecule has 0 bridgehead atoms. The highest BCUT2D eigenvalue weighted by Gasteiger charge is 2.23. The third-order valence-electron chi connectivity index (χ3n) is 4.05. The summed E-state index contributed by atoms with van der Waals surface area (Å²) >= 11 is 0. The van der Waals surface area contributed by atoms with Crippen LogP contribution >= 0.6 is 0 Å². The minimum absolute atomic E-state index is 0.0157. The monoisotopic (exact) mass is 387 g/mol. The lowest BCUT2D eigenvalue weighted by atomic mass is 10.0. The molecular weight excluding hydrogens is 372 g/mol. The fourth-order valence-electron chi connectivity index (χ4n) is 2.59. The molecule has 0 aliphatic carbocycles. The number of hydrogen-bond donors (Lipinski definition) is 3. The Morgan fingerprint density at radius 2 is 1.68 bits per heavy atom. The Morgan fingerprint density at radius 1 is 1.00 bits per heavy atom. The molecule has 0 radical (unpaired) electrons. The molecule has 3 aromatic carbocycles. The summed E-state index contributed by atoms with van der Waals surface area (Å²) in [6.07, 6.45) is -1.31. The zero-order chi connectivity index (χ0) is 20.4. The number of halogens is 2. The highest BCUT2D eigenvalue weighted by atomic mass is 19.2. The van der Waals surface area contributed by atoms with Crippen molar-refractivity contribution in [2.24, 2.45) is 0 Å². The number of fused-ring (bicyclic) bond motifs is 1. The van der Waals surface area contributed by atoms with Gasteiger partial charge in [0.1, 0.15) is 17.1 Å². The topological polar surface area (TPSA) is 95.9 Å². The maximum Gasteiger partial charge on any atom is 0.342 e. The maximum absolute atomic E-state index is 13.2. The molecule has 0 aliphatic rings. The molecule has 3 rings (SSSR count). The van der Waals surface area contributed by atoms with Gasteiger partial charge < -0.3 is 20.3 Å². The van der Waals surface area contributed by atoms with Crippen molar-refractivity contribution >= 4 is 28.3 Å². The molecule has 1 amide bonds. The second-order valence-corrected chi connectivity index (χ2v) is 6.00. The van der Waals surface area contributed by atoms with Crippen LogP contribution < -0.4 is 5.32 Å². The molecule has 0 unspecified atom stereocenters. The van der Waals surface area contributed by atoms with E-state index in [-0.39, 0.29) is 22.4 Å². The summed E-state index contributed by atoms with van der Waals surface area (Å²) in [6, 6.07) is 10.2. The summed E-state index contributed by atoms with van der Waals surface area (Å²) < 4.78 is 31.2. The van der Waals surface area contributed by atoms with Gasteiger partial charge in [-0.15, -0.1) is 0 Å². The Kier molecular flexibility index (Phi) is 5.12. The molecule has 0 spiro atoms. The minimum atomic E-state index is -1.31. The van der Waals surface area contributed by atoms with Gasteiger partial charge in [0, 0.05) is 22.5 Å². The summed E-state index contributed by atoms with van der Waals surface area (Å²) in [6.45, 7) is 1.27. The molecule has 0 saturated heterocycles. The van der Waals surface area contributed by atoms with Crippen LogP contribution in [0.4, 0.5) is 14.5 Å². The first-order valence-electron chi connectivity index (χ1n) is 8.18. The van der Waals surface area contributed by atoms with Crippen molar-refractivity contribution in [3.63, 3.8) is 0 Å². The molecule has 8 heteroatoms. The largest absolute Gasteiger partial charge is 0.507 e. The van der Waals surface area contributed by atoms with Crippen LogP contribution in [0, 0.1) is 11.6 Å². The number of amides is 1. The summed E-state index contributed by atoms with van der Waals surface area (Å²) in [7, 11) is 0. The van der Waals surface area contributed by atoms with E-state index in [0.717, 1.165) is 24.3 Å². The molecule has 3 aromatic rings. The lowest BCUT2D eigenvalue weighted by molar-refractivity contribution is -0.123. The highest BCUT2D eigenvalue weighted by molar-refractivity contribution is 6.04. The van der Waals surface area contributed by atoms with E-state index >= 15 is 0 Å². The maximum atomic E-state index is 13.2. The smallest absolute Gasteiger partial charge is 0.342 e. The molecule has 0 heterocycles. The molecule has 144 valence electrons. The third kappa shape index (κ3) is 3.71. The quantitative estimate of drug-likeness (QED) is 0.469. The lowest BCUT2D eigenvalue weighted by Gasteiger charge is -2.15. The van der Waals surface area contributed by atoms with Crippen LogP contribution in [0.25, 0.3) is 10.8 Å². The highest BCUT2D eigenvalue weighted by Crippen LogP contribution is 2.35. The second-order valence-electron chi connectivity index (χ2n) is 6.00. The van der Waals surface area contributed by atoms with Gasteiger partial charge in [-0.3, -0.25) is 4.79 Å². The molecule has 1 atom stereocenters. The van der Waals surface area contributed by atoms with E-state index in [9.17, 15) is 28.6 Å². The molecule has 0 fully saturated rings. The van der Waals surface area contributed by atoms with E-state index in [1.165, 1.54) is 13.0 Å². The SMILES string of the molecule is C[C@H](OC(=O)c1cc(O)c2ccccc2c1O)C(=O)Nc1ccc(F)c(F)c1. The number of anilines is 1. The van der Waals surface area contributed by atoms with Gasteiger partial charge in [-0.1, -0.05) is 24.3 Å². The number of esters is 1. The fourth-order valence-corrected chi connectivity index (χ4v) is 2.59. The first-order chi connectivity index (χ1) is 13.3. The molecule has 3 N–H and O–H groups in total. The number of hydrogen-bond acceptors (Lipinski definition) is 5. The Balaban J connectivity index is 1.76. The predicted molar refractivity (Wildman–Crippen MR) is 97.1 cm³/mol. The normalized spacial score (nSPS) is 11.8. The van der Waals surface area contributed by atoms with Crippen LogP contribution in [0.3, 0.4) is 0 Å². The molecule has 0 aliphatic heterocycles. The summed E-state index contributed by atoms with van der Waals surface area (Å²) in [5.74, 6) is -4.66. The number of carbonyl (C=O) groups is 2. The van der Waals surface area contributed by atoms with Crippen LogP contribution in [0.5, 0.6) is 11.5 Å². The molecule has 0 aromatic heterocycles. The zero-order valence-electron chi connectivity index (χ0n) is 14.6. The number of phenols is 2. The van der Waals surface area contributed by atoms with Gasteiger partial charge in [0.2, 0.25) is 0 Å². The van der Waals surface area contributed by atoms with Crippen molar-refractivity contribution < 1.29 is 33.3 Å². The number of rotatable bonds is 4. The summed E-state index contributed by atoms with van der Waals surface area (Å²) in [5.41, 5.74) is -0.332. The average Bonchev–Trinajstić information content (AvgIpc) is 2.67. The molecule has 6 nitrogen and oxygen atoms in total. The fraction of sp³-hybridized carbons (Fsp3) is 0.100. The van der Waals surface area contributed by atoms with Gasteiger partial charge in [-0.05, 0) is 25.1 Å². The zero-order valence-corrected chi connectivity index (χ0v) is 14.6. The van der Waals surface area contributed by atoms with Gasteiger partial charge in [-0.2, -0.15) is 0 Å². The number of aromatic hydroxyl groups is 2. The predicted octanol–water partition coefficient (Wildman–Crippen LogP) is 3.71. The lowest BCUT2D eigenvalue weighted by Crippen LogP contribution is -2.30. The molecule has 28 heavy (non-hydrogen) atoms. The van der Waals surface area contributed by atoms with Crippen molar-refractivity contribution in [2.75, 3.05) is 5.32 Å². The van der Waals surface area contributed by atoms with E-state index in [0.29, 0.717) is 5.39 Å². The van der Waals surface area contributed by atoms with Crippen LogP contribution in [-0.2, 0) is 9.53 Å². The van der Waals surface area contributed by atoms with Gasteiger partial charge in [0.25, 0.3) is 5.91 Å². The Labute approximate surface area is 158 Å². The average molecular weight is 387 g/mol. The van der Waals surface area contributed by atoms with E-state index in [1.807, 2.05) is 0 Å². The van der Waals surface area contributed by atoms with Gasteiger partial charge >= 0.3 is 5.97 Å². The van der Waals surface area contributed by atoms with Crippen molar-refractivity contribution in [1.82, 2.24) is 0 Å². The van der Waals surface area contributed by atoms with Crippen molar-refractivity contribution in [2.45, 2.75) is 13.0 Å². The third-order valence-corrected chi connectivity index (χ3v) is 4.05. The van der Waals surface area contributed by atoms with Crippen LogP contribution in [-0.4, -0.2) is 28.2 Å². The van der Waals surface area contributed by atoms with Crippen LogP contribution in [0.15, 0.2) is 48.5 Å². The number of carbonyl (C=O) groups excluding carboxylic acids is 2. The number of benzene rings is 3. The van der Waals surface area contributed by atoms with Crippen molar-refractivity contribution in [3.8, 4) is 11.5 Å². The number of phenolic OH excluding ortho intramolecular Hbond substituents is 2. The van der Waals surface area contributed by atoms with E-state index in [1.54, 1.807) is 18.2 Å². The Bertz CT molecular complexity index is 1080. The van der Waals surface area contributed by atoms with E-state index < -0.39 is 35.4 Å². The summed E-state index contributed by atoms with van der Waals surface area (Å²) in [5, 5.41) is 23.2. The molecular formula is C20H15F2NO5. The standard InChI is InChI=1S/C20H15F2NO5/c1-10(19(26)23-11-6-7-15(21)16(22)8-11)28-20(27)14-9-17(24)12-4-2-3-5-13(12)18(14)25/h2-10,24-25H,1H3,(H,23,26)/t10-/m0/s1. The van der Waals surface area contributed by atoms with Crippen molar-refractivity contribution in [3.05, 3.63) is 65.7 Å². The van der Waals surface area contributed by atoms with E-state index in [2.05, 4.69) is 5.32 Å². The van der Waals surface area contributed by atoms with Crippen LogP contribution in [0.1, 0.15) is 17.3 Å². The Morgan fingerprint density at radius 3 is 2.36 bits per heavy atom. The van der Waals surface area contributed by atoms with E-state index in [4.69, 9.17) is 4.74 Å². The summed E-state index contributed by atoms with van der Waals surface area (Å²) in [4.78, 5) is 24.5. The van der Waals surface area contributed by atoms with Gasteiger partial charge in [-0.25, -0.2) is 13.6 Å². The van der Waals surface area contributed by atoms with Gasteiger partial charge in [0.05, 0.1) is 0 Å². The number of ether oxygens (including phenoxy) is 1. The second kappa shape index (κ2) is 7.51. The molecule has 0 saturated carbocycles. The van der Waals surface area contributed by atoms with Crippen molar-refractivity contribution in [1.29, 1.82) is 0 Å². The van der Waals surface area contributed by atoms with Crippen LogP contribution in [0.2, 0.25) is 0 Å². The minimum Gasteiger partial charge on any atom is -0.507 e.